The van der Waals surface area contributed by atoms with E-state index in [0.717, 1.165) is 5.56 Å². The molecule has 1 amide bonds. The Labute approximate surface area is 117 Å². The topological polar surface area (TPSA) is 38.3 Å². The number of amides is 1. The highest BCUT2D eigenvalue weighted by molar-refractivity contribution is 6.05. The Morgan fingerprint density at radius 2 is 1.70 bits per heavy atom. The average Bonchev–Trinajstić information content (AvgIpc) is 2.49. The predicted octanol–water partition coefficient (Wildman–Crippen LogP) is 3.61. The lowest BCUT2D eigenvalue weighted by Crippen LogP contribution is -2.23. The smallest absolute Gasteiger partial charge is 0.291 e. The highest BCUT2D eigenvalue weighted by atomic mass is 16.5. The van der Waals surface area contributed by atoms with E-state index < -0.39 is 0 Å². The lowest BCUT2D eigenvalue weighted by Gasteiger charge is -2.19. The Morgan fingerprint density at radius 1 is 0.950 bits per heavy atom. The molecule has 0 aliphatic carbocycles. The molecule has 3 nitrogen and oxygen atoms in total. The van der Waals surface area contributed by atoms with Crippen LogP contribution in [0.25, 0.3) is 6.08 Å². The Morgan fingerprint density at radius 3 is 2.55 bits per heavy atom. The SMILES string of the molecule is O=C1Nc2ccccc2OC1=CC=Cc1ccccc1. The van der Waals surface area contributed by atoms with Crippen LogP contribution in [0.5, 0.6) is 5.75 Å². The van der Waals surface area contributed by atoms with E-state index in [4.69, 9.17) is 4.74 Å². The summed E-state index contributed by atoms with van der Waals surface area (Å²) in [5, 5.41) is 2.79. The molecule has 20 heavy (non-hydrogen) atoms. The van der Waals surface area contributed by atoms with Crippen LogP contribution in [0.1, 0.15) is 5.56 Å². The van der Waals surface area contributed by atoms with Gasteiger partial charge in [-0.2, -0.15) is 0 Å². The first-order valence-electron chi connectivity index (χ1n) is 6.34. The highest BCUT2D eigenvalue weighted by Crippen LogP contribution is 2.29. The van der Waals surface area contributed by atoms with Crippen molar-refractivity contribution in [3.8, 4) is 5.75 Å². The van der Waals surface area contributed by atoms with Gasteiger partial charge in [0.1, 0.15) is 0 Å². The zero-order valence-corrected chi connectivity index (χ0v) is 10.7. The number of hydrogen-bond donors (Lipinski definition) is 1. The van der Waals surface area contributed by atoms with E-state index in [-0.39, 0.29) is 11.7 Å². The largest absolute Gasteiger partial charge is 0.449 e. The molecule has 0 radical (unpaired) electrons. The third-order valence-corrected chi connectivity index (χ3v) is 2.91. The highest BCUT2D eigenvalue weighted by Gasteiger charge is 2.20. The standard InChI is InChI=1S/C17H13NO2/c19-17-16(12-6-9-13-7-2-1-3-8-13)20-15-11-5-4-10-14(15)18-17/h1-12H,(H,18,19). The summed E-state index contributed by atoms with van der Waals surface area (Å²) < 4.78 is 5.58. The lowest BCUT2D eigenvalue weighted by molar-refractivity contribution is -0.115. The van der Waals surface area contributed by atoms with E-state index in [1.165, 1.54) is 0 Å². The Kier molecular flexibility index (Phi) is 3.33. The minimum atomic E-state index is -0.235. The van der Waals surface area contributed by atoms with E-state index in [9.17, 15) is 4.79 Å². The van der Waals surface area contributed by atoms with Crippen LogP contribution >= 0.6 is 0 Å². The lowest BCUT2D eigenvalue weighted by atomic mass is 10.2. The molecule has 2 aromatic rings. The van der Waals surface area contributed by atoms with Crippen molar-refractivity contribution in [2.24, 2.45) is 0 Å². The molecular weight excluding hydrogens is 250 g/mol. The summed E-state index contributed by atoms with van der Waals surface area (Å²) in [4.78, 5) is 11.9. The van der Waals surface area contributed by atoms with E-state index in [0.29, 0.717) is 11.4 Å². The molecule has 1 aliphatic rings. The number of nitrogens with one attached hydrogen (secondary N) is 1. The number of ether oxygens (including phenoxy) is 1. The van der Waals surface area contributed by atoms with Gasteiger partial charge in [-0.15, -0.1) is 0 Å². The summed E-state index contributed by atoms with van der Waals surface area (Å²) >= 11 is 0. The number of allylic oxidation sites excluding steroid dienone is 2. The van der Waals surface area contributed by atoms with Crippen LogP contribution in [-0.2, 0) is 4.79 Å². The molecule has 0 saturated heterocycles. The number of carbonyl (C=O) groups excluding carboxylic acids is 1. The minimum Gasteiger partial charge on any atom is -0.449 e. The summed E-state index contributed by atoms with van der Waals surface area (Å²) in [5.74, 6) is 0.712. The fraction of sp³-hybridized carbons (Fsp3) is 0. The first-order valence-corrected chi connectivity index (χ1v) is 6.34. The molecule has 0 saturated carbocycles. The van der Waals surface area contributed by atoms with Crippen LogP contribution < -0.4 is 10.1 Å². The Balaban J connectivity index is 1.80. The van der Waals surface area contributed by atoms with Gasteiger partial charge in [-0.25, -0.2) is 0 Å². The van der Waals surface area contributed by atoms with Crippen LogP contribution in [0.3, 0.4) is 0 Å². The van der Waals surface area contributed by atoms with Gasteiger partial charge < -0.3 is 10.1 Å². The summed E-state index contributed by atoms with van der Waals surface area (Å²) in [6, 6.07) is 17.2. The van der Waals surface area contributed by atoms with Gasteiger partial charge in [0.15, 0.2) is 11.5 Å². The first kappa shape index (κ1) is 12.2. The van der Waals surface area contributed by atoms with Gasteiger partial charge in [0.2, 0.25) is 0 Å². The van der Waals surface area contributed by atoms with Gasteiger partial charge in [0.05, 0.1) is 5.69 Å². The number of fused-ring (bicyclic) bond motifs is 1. The second-order valence-corrected chi connectivity index (χ2v) is 4.35. The third-order valence-electron chi connectivity index (χ3n) is 2.91. The summed E-state index contributed by atoms with van der Waals surface area (Å²) in [6.45, 7) is 0. The number of carbonyl (C=O) groups is 1. The summed E-state index contributed by atoms with van der Waals surface area (Å²) in [7, 11) is 0. The van der Waals surface area contributed by atoms with Crippen molar-refractivity contribution in [3.05, 3.63) is 78.1 Å². The van der Waals surface area contributed by atoms with E-state index in [1.807, 2.05) is 60.7 Å². The molecule has 0 spiro atoms. The van der Waals surface area contributed by atoms with Gasteiger partial charge in [-0.3, -0.25) is 4.79 Å². The van der Waals surface area contributed by atoms with Crippen LogP contribution in [0, 0.1) is 0 Å². The summed E-state index contributed by atoms with van der Waals surface area (Å²) in [6.07, 6.45) is 5.39. The van der Waals surface area contributed by atoms with Gasteiger partial charge in [0.25, 0.3) is 5.91 Å². The molecule has 1 N–H and O–H groups in total. The van der Waals surface area contributed by atoms with Crippen LogP contribution in [0.2, 0.25) is 0 Å². The molecule has 3 heteroatoms. The Hall–Kier alpha value is -2.81. The second kappa shape index (κ2) is 5.45. The molecule has 2 aromatic carbocycles. The van der Waals surface area contributed by atoms with Gasteiger partial charge in [-0.05, 0) is 23.8 Å². The quantitative estimate of drug-likeness (QED) is 0.840. The second-order valence-electron chi connectivity index (χ2n) is 4.35. The maximum atomic E-state index is 11.9. The van der Waals surface area contributed by atoms with Crippen LogP contribution in [-0.4, -0.2) is 5.91 Å². The van der Waals surface area contributed by atoms with Crippen molar-refractivity contribution in [1.29, 1.82) is 0 Å². The molecule has 3 rings (SSSR count). The fourth-order valence-corrected chi connectivity index (χ4v) is 1.93. The number of para-hydroxylation sites is 2. The maximum Gasteiger partial charge on any atom is 0.291 e. The molecule has 1 aliphatic heterocycles. The van der Waals surface area contributed by atoms with E-state index in [1.54, 1.807) is 12.2 Å². The molecule has 1 heterocycles. The third kappa shape index (κ3) is 2.62. The van der Waals surface area contributed by atoms with Crippen molar-refractivity contribution in [2.45, 2.75) is 0 Å². The fourth-order valence-electron chi connectivity index (χ4n) is 1.93. The van der Waals surface area contributed by atoms with Crippen molar-refractivity contribution in [3.63, 3.8) is 0 Å². The van der Waals surface area contributed by atoms with Crippen molar-refractivity contribution in [1.82, 2.24) is 0 Å². The Bertz CT molecular complexity index is 687. The molecule has 0 unspecified atom stereocenters. The van der Waals surface area contributed by atoms with Crippen LogP contribution in [0.4, 0.5) is 5.69 Å². The summed E-state index contributed by atoms with van der Waals surface area (Å²) in [5.41, 5.74) is 1.77. The number of benzene rings is 2. The first-order chi connectivity index (χ1) is 9.83. The monoisotopic (exact) mass is 263 g/mol. The predicted molar refractivity (Wildman–Crippen MR) is 79.3 cm³/mol. The minimum absolute atomic E-state index is 0.235. The molecular formula is C17H13NO2. The van der Waals surface area contributed by atoms with Gasteiger partial charge >= 0.3 is 0 Å². The zero-order valence-electron chi connectivity index (χ0n) is 10.7. The van der Waals surface area contributed by atoms with Gasteiger partial charge in [-0.1, -0.05) is 54.6 Å². The van der Waals surface area contributed by atoms with Gasteiger partial charge in [0, 0.05) is 0 Å². The molecule has 0 atom stereocenters. The number of hydrogen-bond acceptors (Lipinski definition) is 2. The maximum absolute atomic E-state index is 11.9. The van der Waals surface area contributed by atoms with Crippen LogP contribution in [0.15, 0.2) is 72.5 Å². The zero-order chi connectivity index (χ0) is 13.8. The van der Waals surface area contributed by atoms with Crippen molar-refractivity contribution < 1.29 is 9.53 Å². The molecule has 0 aromatic heterocycles. The molecule has 98 valence electrons. The number of rotatable bonds is 2. The van der Waals surface area contributed by atoms with Crippen molar-refractivity contribution in [2.75, 3.05) is 5.32 Å². The normalized spacial score (nSPS) is 15.8. The van der Waals surface area contributed by atoms with E-state index in [2.05, 4.69) is 5.32 Å². The molecule has 0 bridgehead atoms. The van der Waals surface area contributed by atoms with E-state index >= 15 is 0 Å². The van der Waals surface area contributed by atoms with Crippen molar-refractivity contribution >= 4 is 17.7 Å². The average molecular weight is 263 g/mol. The molecule has 0 fully saturated rings. The number of anilines is 1.